The molecule has 0 radical (unpaired) electrons. The number of carbonyl (C=O) groups is 1. The van der Waals surface area contributed by atoms with E-state index >= 15 is 0 Å². The van der Waals surface area contributed by atoms with Crippen molar-refractivity contribution < 1.29 is 4.79 Å². The molecule has 1 aromatic carbocycles. The number of hydrogen-bond acceptors (Lipinski definition) is 5. The molecule has 26 heavy (non-hydrogen) atoms. The predicted octanol–water partition coefficient (Wildman–Crippen LogP) is 2.28. The number of amides is 1. The summed E-state index contributed by atoms with van der Waals surface area (Å²) in [6.45, 7) is 2.65. The largest absolute Gasteiger partial charge is 0.352 e. The third-order valence-corrected chi connectivity index (χ3v) is 4.73. The molecule has 0 saturated carbocycles. The fourth-order valence-corrected chi connectivity index (χ4v) is 3.18. The van der Waals surface area contributed by atoms with Crippen molar-refractivity contribution in [2.45, 2.75) is 0 Å². The highest BCUT2D eigenvalue weighted by Gasteiger charge is 2.24. The maximum atomic E-state index is 12.6. The van der Waals surface area contributed by atoms with Gasteiger partial charge in [-0.3, -0.25) is 9.36 Å². The number of rotatable bonds is 3. The van der Waals surface area contributed by atoms with Gasteiger partial charge < -0.3 is 9.80 Å². The first-order chi connectivity index (χ1) is 12.7. The molecule has 0 spiro atoms. The Morgan fingerprint density at radius 1 is 0.962 bits per heavy atom. The molecule has 1 aliphatic rings. The van der Waals surface area contributed by atoms with E-state index in [1.54, 1.807) is 29.2 Å². The molecule has 0 bridgehead atoms. The summed E-state index contributed by atoms with van der Waals surface area (Å²) in [7, 11) is 0. The summed E-state index contributed by atoms with van der Waals surface area (Å²) in [5, 5.41) is 9.03. The fraction of sp³-hybridized carbons (Fsp3) is 0.222. The second-order valence-corrected chi connectivity index (χ2v) is 6.39. The van der Waals surface area contributed by atoms with E-state index in [-0.39, 0.29) is 5.91 Å². The van der Waals surface area contributed by atoms with Gasteiger partial charge in [-0.15, -0.1) is 10.2 Å². The Bertz CT molecular complexity index is 888. The number of halogens is 1. The number of benzene rings is 1. The van der Waals surface area contributed by atoms with E-state index in [0.717, 1.165) is 11.6 Å². The maximum Gasteiger partial charge on any atom is 0.255 e. The Morgan fingerprint density at radius 2 is 1.69 bits per heavy atom. The van der Waals surface area contributed by atoms with Gasteiger partial charge in [0, 0.05) is 38.6 Å². The summed E-state index contributed by atoms with van der Waals surface area (Å²) < 4.78 is 1.80. The molecule has 1 amide bonds. The molecule has 8 heteroatoms. The van der Waals surface area contributed by atoms with Crippen molar-refractivity contribution in [3.05, 3.63) is 65.7 Å². The molecule has 1 fully saturated rings. The normalized spacial score (nSPS) is 14.5. The van der Waals surface area contributed by atoms with Crippen LogP contribution in [0, 0.1) is 0 Å². The summed E-state index contributed by atoms with van der Waals surface area (Å²) in [5.74, 6) is 1.49. The van der Waals surface area contributed by atoms with E-state index in [1.165, 1.54) is 0 Å². The zero-order valence-electron chi connectivity index (χ0n) is 14.0. The van der Waals surface area contributed by atoms with Gasteiger partial charge in [0.25, 0.3) is 5.91 Å². The fourth-order valence-electron chi connectivity index (χ4n) is 2.96. The lowest BCUT2D eigenvalue weighted by Gasteiger charge is -2.35. The van der Waals surface area contributed by atoms with Crippen molar-refractivity contribution in [2.24, 2.45) is 0 Å². The topological polar surface area (TPSA) is 67.2 Å². The second-order valence-electron chi connectivity index (χ2n) is 5.98. The van der Waals surface area contributed by atoms with Crippen molar-refractivity contribution in [1.82, 2.24) is 24.6 Å². The van der Waals surface area contributed by atoms with E-state index in [9.17, 15) is 4.79 Å². The SMILES string of the molecule is O=C(c1ccccc1Cl)N1CCN(c2ccc(-n3ccnc3)nn2)CC1. The van der Waals surface area contributed by atoms with Gasteiger partial charge >= 0.3 is 0 Å². The van der Waals surface area contributed by atoms with E-state index in [4.69, 9.17) is 11.6 Å². The average molecular weight is 369 g/mol. The van der Waals surface area contributed by atoms with Crippen LogP contribution in [-0.2, 0) is 0 Å². The van der Waals surface area contributed by atoms with E-state index in [0.29, 0.717) is 36.8 Å². The summed E-state index contributed by atoms with van der Waals surface area (Å²) >= 11 is 6.14. The Balaban J connectivity index is 1.40. The lowest BCUT2D eigenvalue weighted by atomic mass is 10.2. The maximum absolute atomic E-state index is 12.6. The molecule has 0 aliphatic carbocycles. The van der Waals surface area contributed by atoms with Gasteiger partial charge in [0.2, 0.25) is 0 Å². The van der Waals surface area contributed by atoms with Crippen LogP contribution < -0.4 is 4.90 Å². The minimum Gasteiger partial charge on any atom is -0.352 e. The van der Waals surface area contributed by atoms with Crippen LogP contribution in [0.15, 0.2) is 55.1 Å². The van der Waals surface area contributed by atoms with Crippen molar-refractivity contribution in [3.8, 4) is 5.82 Å². The Labute approximate surface area is 155 Å². The highest BCUT2D eigenvalue weighted by Crippen LogP contribution is 2.19. The number of imidazole rings is 1. The number of carbonyl (C=O) groups excluding carboxylic acids is 1. The molecular weight excluding hydrogens is 352 g/mol. The zero-order chi connectivity index (χ0) is 17.9. The standard InChI is InChI=1S/C18H17ClN6O/c19-15-4-2-1-3-14(15)18(26)24-11-9-23(10-12-24)16-5-6-17(22-21-16)25-8-7-20-13-25/h1-8,13H,9-12H2. The predicted molar refractivity (Wildman–Crippen MR) is 98.7 cm³/mol. The van der Waals surface area contributed by atoms with Crippen LogP contribution in [0.4, 0.5) is 5.82 Å². The molecule has 1 aliphatic heterocycles. The molecule has 7 nitrogen and oxygen atoms in total. The van der Waals surface area contributed by atoms with Crippen LogP contribution in [0.5, 0.6) is 0 Å². The molecule has 3 heterocycles. The van der Waals surface area contributed by atoms with Crippen molar-refractivity contribution in [2.75, 3.05) is 31.1 Å². The molecule has 4 rings (SSSR count). The number of nitrogens with zero attached hydrogens (tertiary/aromatic N) is 6. The monoisotopic (exact) mass is 368 g/mol. The number of piperazine rings is 1. The van der Waals surface area contributed by atoms with Gasteiger partial charge in [-0.05, 0) is 24.3 Å². The average Bonchev–Trinajstić information content (AvgIpc) is 3.23. The Morgan fingerprint density at radius 3 is 2.35 bits per heavy atom. The van der Waals surface area contributed by atoms with Gasteiger partial charge in [-0.25, -0.2) is 4.98 Å². The smallest absolute Gasteiger partial charge is 0.255 e. The van der Waals surface area contributed by atoms with Crippen molar-refractivity contribution in [3.63, 3.8) is 0 Å². The van der Waals surface area contributed by atoms with Crippen LogP contribution in [0.3, 0.4) is 0 Å². The second kappa shape index (κ2) is 7.13. The first kappa shape index (κ1) is 16.5. The van der Waals surface area contributed by atoms with E-state index < -0.39 is 0 Å². The third-order valence-electron chi connectivity index (χ3n) is 4.40. The van der Waals surface area contributed by atoms with Gasteiger partial charge in [-0.2, -0.15) is 0 Å². The first-order valence-electron chi connectivity index (χ1n) is 8.33. The van der Waals surface area contributed by atoms with E-state index in [1.807, 2.05) is 35.4 Å². The van der Waals surface area contributed by atoms with Crippen LogP contribution in [0.25, 0.3) is 5.82 Å². The Hall–Kier alpha value is -2.93. The first-order valence-corrected chi connectivity index (χ1v) is 8.71. The summed E-state index contributed by atoms with van der Waals surface area (Å²) in [6, 6.07) is 11.0. The molecule has 132 valence electrons. The molecule has 1 saturated heterocycles. The van der Waals surface area contributed by atoms with Crippen LogP contribution in [0.2, 0.25) is 5.02 Å². The summed E-state index contributed by atoms with van der Waals surface area (Å²) in [5.41, 5.74) is 0.548. The molecule has 2 aromatic heterocycles. The van der Waals surface area contributed by atoms with Crippen LogP contribution >= 0.6 is 11.6 Å². The molecule has 0 atom stereocenters. The minimum absolute atomic E-state index is 0.0308. The lowest BCUT2D eigenvalue weighted by molar-refractivity contribution is 0.0746. The van der Waals surface area contributed by atoms with Crippen LogP contribution in [0.1, 0.15) is 10.4 Å². The van der Waals surface area contributed by atoms with Gasteiger partial charge in [0.15, 0.2) is 11.6 Å². The lowest BCUT2D eigenvalue weighted by Crippen LogP contribution is -2.49. The summed E-state index contributed by atoms with van der Waals surface area (Å²) in [4.78, 5) is 20.6. The number of aromatic nitrogens is 4. The number of hydrogen-bond donors (Lipinski definition) is 0. The zero-order valence-corrected chi connectivity index (χ0v) is 14.8. The highest BCUT2D eigenvalue weighted by atomic mass is 35.5. The van der Waals surface area contributed by atoms with Crippen LogP contribution in [-0.4, -0.2) is 56.7 Å². The van der Waals surface area contributed by atoms with E-state index in [2.05, 4.69) is 20.1 Å². The molecule has 3 aromatic rings. The van der Waals surface area contributed by atoms with Gasteiger partial charge in [0.1, 0.15) is 6.33 Å². The van der Waals surface area contributed by atoms with Gasteiger partial charge in [0.05, 0.1) is 10.6 Å². The molecule has 0 N–H and O–H groups in total. The Kier molecular flexibility index (Phi) is 4.53. The summed E-state index contributed by atoms with van der Waals surface area (Å²) in [6.07, 6.45) is 5.20. The molecule has 0 unspecified atom stereocenters. The number of anilines is 1. The highest BCUT2D eigenvalue weighted by molar-refractivity contribution is 6.33. The molecular formula is C18H17ClN6O. The quantitative estimate of drug-likeness (QED) is 0.709. The van der Waals surface area contributed by atoms with Crippen molar-refractivity contribution in [1.29, 1.82) is 0 Å². The van der Waals surface area contributed by atoms with Crippen molar-refractivity contribution >= 4 is 23.3 Å². The third kappa shape index (κ3) is 3.25. The minimum atomic E-state index is -0.0308. The van der Waals surface area contributed by atoms with Gasteiger partial charge in [-0.1, -0.05) is 23.7 Å².